The molecule has 3 heteroatoms. The van der Waals surface area contributed by atoms with Crippen LogP contribution in [-0.2, 0) is 4.74 Å². The summed E-state index contributed by atoms with van der Waals surface area (Å²) in [6.07, 6.45) is 9.90. The maximum absolute atomic E-state index is 5.70. The maximum atomic E-state index is 5.70. The lowest BCUT2D eigenvalue weighted by Crippen LogP contribution is -2.41. The van der Waals surface area contributed by atoms with Gasteiger partial charge in [0.25, 0.3) is 0 Å². The fourth-order valence-corrected chi connectivity index (χ4v) is 3.52. The van der Waals surface area contributed by atoms with Crippen molar-refractivity contribution in [1.82, 2.24) is 4.90 Å². The minimum atomic E-state index is 0.562. The Hall–Kier alpha value is 0.400. The number of ether oxygens (including phenoxy) is 1. The molecule has 0 aromatic heterocycles. The van der Waals surface area contributed by atoms with E-state index < -0.39 is 0 Å². The van der Waals surface area contributed by atoms with Gasteiger partial charge in [-0.2, -0.15) is 0 Å². The summed E-state index contributed by atoms with van der Waals surface area (Å²) in [5.74, 6) is 0. The van der Waals surface area contributed by atoms with E-state index in [9.17, 15) is 0 Å². The van der Waals surface area contributed by atoms with Crippen molar-refractivity contribution in [2.75, 3.05) is 25.0 Å². The Morgan fingerprint density at radius 3 is 2.81 bits per heavy atom. The van der Waals surface area contributed by atoms with Gasteiger partial charge in [0.1, 0.15) is 0 Å². The highest BCUT2D eigenvalue weighted by molar-refractivity contribution is 9.09. The van der Waals surface area contributed by atoms with E-state index in [4.69, 9.17) is 4.74 Å². The number of hydrogen-bond acceptors (Lipinski definition) is 2. The highest BCUT2D eigenvalue weighted by Gasteiger charge is 2.23. The maximum Gasteiger partial charge on any atom is 0.0588 e. The van der Waals surface area contributed by atoms with Crippen LogP contribution in [0.3, 0.4) is 0 Å². The molecule has 0 bridgehead atoms. The van der Waals surface area contributed by atoms with Crippen LogP contribution in [0.5, 0.6) is 0 Å². The summed E-state index contributed by atoms with van der Waals surface area (Å²) in [5, 5.41) is 1.15. The molecule has 16 heavy (non-hydrogen) atoms. The molecule has 2 aliphatic heterocycles. The molecule has 2 aliphatic rings. The fraction of sp³-hybridized carbons (Fsp3) is 1.00. The molecule has 0 aromatic rings. The molecule has 2 heterocycles. The molecule has 2 unspecified atom stereocenters. The molecule has 0 radical (unpaired) electrons. The predicted molar refractivity (Wildman–Crippen MR) is 71.2 cm³/mol. The first-order chi connectivity index (χ1) is 7.90. The summed E-state index contributed by atoms with van der Waals surface area (Å²) in [4.78, 5) is 2.70. The standard InChI is InChI=1S/C13H24BrNO/c14-8-6-12-4-1-2-9-15(12)10-7-13-5-3-11-16-13/h12-13H,1-11H2. The Balaban J connectivity index is 1.72. The van der Waals surface area contributed by atoms with Gasteiger partial charge >= 0.3 is 0 Å². The smallest absolute Gasteiger partial charge is 0.0588 e. The molecule has 2 rings (SSSR count). The van der Waals surface area contributed by atoms with E-state index in [1.54, 1.807) is 0 Å². The first-order valence-electron chi connectivity index (χ1n) is 6.82. The van der Waals surface area contributed by atoms with Crippen molar-refractivity contribution in [3.05, 3.63) is 0 Å². The van der Waals surface area contributed by atoms with Gasteiger partial charge in [0, 0.05) is 24.5 Å². The molecule has 0 N–H and O–H groups in total. The summed E-state index contributed by atoms with van der Waals surface area (Å²) in [5.41, 5.74) is 0. The molecular formula is C13H24BrNO. The van der Waals surface area contributed by atoms with Crippen LogP contribution in [-0.4, -0.2) is 42.1 Å². The van der Waals surface area contributed by atoms with Crippen LogP contribution >= 0.6 is 15.9 Å². The number of hydrogen-bond donors (Lipinski definition) is 0. The van der Waals surface area contributed by atoms with Gasteiger partial charge in [0.15, 0.2) is 0 Å². The Bertz CT molecular complexity index is 192. The lowest BCUT2D eigenvalue weighted by Gasteiger charge is -2.36. The summed E-state index contributed by atoms with van der Waals surface area (Å²) >= 11 is 3.58. The van der Waals surface area contributed by atoms with E-state index in [0.29, 0.717) is 6.10 Å². The van der Waals surface area contributed by atoms with Gasteiger partial charge in [-0.25, -0.2) is 0 Å². The van der Waals surface area contributed by atoms with Crippen molar-refractivity contribution in [2.45, 2.75) is 57.1 Å². The van der Waals surface area contributed by atoms with Crippen LogP contribution in [0.15, 0.2) is 0 Å². The largest absolute Gasteiger partial charge is 0.378 e. The van der Waals surface area contributed by atoms with Gasteiger partial charge in [0.05, 0.1) is 6.10 Å². The Morgan fingerprint density at radius 2 is 2.06 bits per heavy atom. The van der Waals surface area contributed by atoms with E-state index in [1.807, 2.05) is 0 Å². The van der Waals surface area contributed by atoms with Crippen molar-refractivity contribution in [3.63, 3.8) is 0 Å². The van der Waals surface area contributed by atoms with Gasteiger partial charge in [-0.15, -0.1) is 0 Å². The van der Waals surface area contributed by atoms with Crippen LogP contribution in [0.1, 0.15) is 44.9 Å². The first kappa shape index (κ1) is 12.8. The zero-order chi connectivity index (χ0) is 11.2. The molecule has 94 valence electrons. The van der Waals surface area contributed by atoms with E-state index in [0.717, 1.165) is 18.0 Å². The Labute approximate surface area is 108 Å². The van der Waals surface area contributed by atoms with Crippen LogP contribution in [0.2, 0.25) is 0 Å². The molecule has 0 aliphatic carbocycles. The highest BCUT2D eigenvalue weighted by Crippen LogP contribution is 2.22. The molecule has 2 fully saturated rings. The predicted octanol–water partition coefficient (Wildman–Crippen LogP) is 3.20. The quantitative estimate of drug-likeness (QED) is 0.721. The normalized spacial score (nSPS) is 32.1. The summed E-state index contributed by atoms with van der Waals surface area (Å²) < 4.78 is 5.70. The third-order valence-electron chi connectivity index (χ3n) is 3.95. The molecule has 0 saturated carbocycles. The van der Waals surface area contributed by atoms with Gasteiger partial charge in [-0.1, -0.05) is 22.4 Å². The molecule has 2 nitrogen and oxygen atoms in total. The number of halogens is 1. The highest BCUT2D eigenvalue weighted by atomic mass is 79.9. The van der Waals surface area contributed by atoms with Gasteiger partial charge < -0.3 is 9.64 Å². The van der Waals surface area contributed by atoms with Crippen molar-refractivity contribution in [2.24, 2.45) is 0 Å². The minimum Gasteiger partial charge on any atom is -0.378 e. The van der Waals surface area contributed by atoms with Gasteiger partial charge in [-0.05, 0) is 45.1 Å². The van der Waals surface area contributed by atoms with Crippen LogP contribution in [0.25, 0.3) is 0 Å². The second kappa shape index (κ2) is 6.97. The zero-order valence-corrected chi connectivity index (χ0v) is 11.8. The molecular weight excluding hydrogens is 266 g/mol. The second-order valence-electron chi connectivity index (χ2n) is 5.09. The molecule has 0 amide bonds. The van der Waals surface area contributed by atoms with E-state index >= 15 is 0 Å². The lowest BCUT2D eigenvalue weighted by atomic mass is 9.99. The molecule has 0 spiro atoms. The SMILES string of the molecule is BrCCC1CCCCN1CCC1CCCO1. The summed E-state index contributed by atoms with van der Waals surface area (Å²) in [7, 11) is 0. The number of nitrogens with zero attached hydrogens (tertiary/aromatic N) is 1. The monoisotopic (exact) mass is 289 g/mol. The number of rotatable bonds is 5. The Morgan fingerprint density at radius 1 is 1.12 bits per heavy atom. The van der Waals surface area contributed by atoms with Gasteiger partial charge in [0.2, 0.25) is 0 Å². The average Bonchev–Trinajstić information content (AvgIpc) is 2.81. The number of likely N-dealkylation sites (tertiary alicyclic amines) is 1. The molecule has 0 aromatic carbocycles. The van der Waals surface area contributed by atoms with Crippen LogP contribution in [0.4, 0.5) is 0 Å². The van der Waals surface area contributed by atoms with Gasteiger partial charge in [-0.3, -0.25) is 0 Å². The average molecular weight is 290 g/mol. The van der Waals surface area contributed by atoms with Crippen LogP contribution < -0.4 is 0 Å². The zero-order valence-electron chi connectivity index (χ0n) is 10.2. The molecule has 2 saturated heterocycles. The second-order valence-corrected chi connectivity index (χ2v) is 5.88. The van der Waals surface area contributed by atoms with Crippen molar-refractivity contribution >= 4 is 15.9 Å². The number of alkyl halides is 1. The van der Waals surface area contributed by atoms with Crippen molar-refractivity contribution in [1.29, 1.82) is 0 Å². The lowest BCUT2D eigenvalue weighted by molar-refractivity contribution is 0.0748. The third-order valence-corrected chi connectivity index (χ3v) is 4.41. The fourth-order valence-electron chi connectivity index (χ4n) is 2.99. The first-order valence-corrected chi connectivity index (χ1v) is 7.94. The van der Waals surface area contributed by atoms with E-state index in [1.165, 1.54) is 58.0 Å². The molecule has 2 atom stereocenters. The minimum absolute atomic E-state index is 0.562. The Kier molecular flexibility index (Phi) is 5.60. The van der Waals surface area contributed by atoms with Crippen molar-refractivity contribution in [3.8, 4) is 0 Å². The summed E-state index contributed by atoms with van der Waals surface area (Å²) in [6, 6.07) is 0.828. The van der Waals surface area contributed by atoms with E-state index in [2.05, 4.69) is 20.8 Å². The van der Waals surface area contributed by atoms with Crippen LogP contribution in [0, 0.1) is 0 Å². The number of piperidine rings is 1. The summed E-state index contributed by atoms with van der Waals surface area (Å²) in [6.45, 7) is 3.56. The topological polar surface area (TPSA) is 12.5 Å². The van der Waals surface area contributed by atoms with E-state index in [-0.39, 0.29) is 0 Å². The van der Waals surface area contributed by atoms with Crippen molar-refractivity contribution < 1.29 is 4.74 Å². The third kappa shape index (κ3) is 3.71.